The fourth-order valence-corrected chi connectivity index (χ4v) is 3.22. The topological polar surface area (TPSA) is 82.3 Å². The van der Waals surface area contributed by atoms with E-state index < -0.39 is 9.84 Å². The maximum Gasteiger partial charge on any atom is 0.417 e. The van der Waals surface area contributed by atoms with Crippen molar-refractivity contribution in [1.29, 1.82) is 0 Å². The lowest BCUT2D eigenvalue weighted by molar-refractivity contribution is 0.165. The van der Waals surface area contributed by atoms with Crippen molar-refractivity contribution < 1.29 is 17.7 Å². The van der Waals surface area contributed by atoms with Crippen LogP contribution in [0, 0.1) is 12.8 Å². The summed E-state index contributed by atoms with van der Waals surface area (Å²) in [5, 5.41) is 3.60. The Labute approximate surface area is 93.9 Å². The quantitative estimate of drug-likeness (QED) is 0.776. The molecule has 7 heteroatoms. The van der Waals surface area contributed by atoms with Crippen LogP contribution < -0.4 is 4.74 Å². The second-order valence-electron chi connectivity index (χ2n) is 4.01. The fraction of sp³-hybridized carbons (Fsp3) is 0.778. The van der Waals surface area contributed by atoms with Crippen LogP contribution >= 0.6 is 0 Å². The van der Waals surface area contributed by atoms with Crippen molar-refractivity contribution in [3.8, 4) is 6.08 Å². The number of aromatic nitrogens is 2. The number of hydrogen-bond donors (Lipinski definition) is 0. The van der Waals surface area contributed by atoms with Crippen molar-refractivity contribution in [2.45, 2.75) is 19.8 Å². The van der Waals surface area contributed by atoms with Crippen LogP contribution in [0.2, 0.25) is 0 Å². The van der Waals surface area contributed by atoms with Crippen LogP contribution in [-0.4, -0.2) is 36.7 Å². The van der Waals surface area contributed by atoms with E-state index in [1.807, 2.05) is 0 Å². The summed E-state index contributed by atoms with van der Waals surface area (Å²) < 4.78 is 32.5. The summed E-state index contributed by atoms with van der Waals surface area (Å²) in [4.78, 5) is 3.91. The molecule has 1 saturated heterocycles. The van der Waals surface area contributed by atoms with Gasteiger partial charge >= 0.3 is 6.08 Å². The summed E-state index contributed by atoms with van der Waals surface area (Å²) in [6, 6.07) is 0. The minimum atomic E-state index is -2.80. The van der Waals surface area contributed by atoms with E-state index in [0.717, 1.165) is 0 Å². The van der Waals surface area contributed by atoms with Gasteiger partial charge in [0.15, 0.2) is 5.82 Å². The molecule has 90 valence electrons. The van der Waals surface area contributed by atoms with Crippen LogP contribution in [0.15, 0.2) is 4.52 Å². The van der Waals surface area contributed by atoms with Crippen LogP contribution in [0.4, 0.5) is 0 Å². The molecule has 2 heterocycles. The first kappa shape index (κ1) is 11.4. The molecule has 0 bridgehead atoms. The minimum Gasteiger partial charge on any atom is -0.449 e. The molecule has 1 aromatic rings. The first-order chi connectivity index (χ1) is 7.55. The Bertz CT molecular complexity index is 440. The summed E-state index contributed by atoms with van der Waals surface area (Å²) in [5.41, 5.74) is 0. The number of aryl methyl sites for hydroxylation is 1. The van der Waals surface area contributed by atoms with Crippen LogP contribution in [0.25, 0.3) is 0 Å². The molecule has 0 atom stereocenters. The maximum absolute atomic E-state index is 11.2. The average molecular weight is 246 g/mol. The highest BCUT2D eigenvalue weighted by atomic mass is 32.2. The summed E-state index contributed by atoms with van der Waals surface area (Å²) in [7, 11) is -2.80. The molecular weight excluding hydrogens is 232 g/mol. The van der Waals surface area contributed by atoms with Gasteiger partial charge in [-0.3, -0.25) is 4.52 Å². The van der Waals surface area contributed by atoms with Crippen molar-refractivity contribution in [2.75, 3.05) is 18.1 Å². The number of ether oxygens (including phenoxy) is 1. The summed E-state index contributed by atoms with van der Waals surface area (Å²) >= 11 is 0. The lowest BCUT2D eigenvalue weighted by Crippen LogP contribution is -2.26. The van der Waals surface area contributed by atoms with Crippen molar-refractivity contribution in [3.63, 3.8) is 0 Å². The zero-order valence-electron chi connectivity index (χ0n) is 9.05. The number of sulfone groups is 1. The van der Waals surface area contributed by atoms with E-state index >= 15 is 0 Å². The van der Waals surface area contributed by atoms with E-state index in [2.05, 4.69) is 10.1 Å². The van der Waals surface area contributed by atoms with Gasteiger partial charge in [-0.05, 0) is 25.7 Å². The second-order valence-corrected chi connectivity index (χ2v) is 6.32. The van der Waals surface area contributed by atoms with Gasteiger partial charge < -0.3 is 4.74 Å². The molecule has 2 rings (SSSR count). The third kappa shape index (κ3) is 2.94. The zero-order valence-corrected chi connectivity index (χ0v) is 9.87. The predicted octanol–water partition coefficient (Wildman–Crippen LogP) is 0.582. The highest BCUT2D eigenvalue weighted by Gasteiger charge is 2.24. The Kier molecular flexibility index (Phi) is 3.13. The lowest BCUT2D eigenvalue weighted by atomic mass is 10.0. The van der Waals surface area contributed by atoms with Crippen LogP contribution in [0.1, 0.15) is 18.7 Å². The van der Waals surface area contributed by atoms with Gasteiger partial charge in [0.1, 0.15) is 9.84 Å². The first-order valence-electron chi connectivity index (χ1n) is 5.19. The number of nitrogens with zero attached hydrogens (tertiary/aromatic N) is 2. The number of hydrogen-bond acceptors (Lipinski definition) is 6. The monoisotopic (exact) mass is 246 g/mol. The van der Waals surface area contributed by atoms with E-state index in [0.29, 0.717) is 25.3 Å². The minimum absolute atomic E-state index is 0.158. The molecule has 0 aromatic carbocycles. The maximum atomic E-state index is 11.2. The Morgan fingerprint density at radius 2 is 2.12 bits per heavy atom. The molecule has 0 spiro atoms. The Balaban J connectivity index is 1.80. The van der Waals surface area contributed by atoms with Gasteiger partial charge in [-0.2, -0.15) is 4.98 Å². The highest BCUT2D eigenvalue weighted by Crippen LogP contribution is 2.19. The van der Waals surface area contributed by atoms with Crippen LogP contribution in [0.5, 0.6) is 6.08 Å². The van der Waals surface area contributed by atoms with E-state index in [1.165, 1.54) is 0 Å². The molecule has 0 aliphatic carbocycles. The first-order valence-corrected chi connectivity index (χ1v) is 7.01. The van der Waals surface area contributed by atoms with Gasteiger partial charge in [0.05, 0.1) is 18.1 Å². The van der Waals surface area contributed by atoms with E-state index in [9.17, 15) is 8.42 Å². The fourth-order valence-electron chi connectivity index (χ4n) is 1.63. The van der Waals surface area contributed by atoms with Crippen molar-refractivity contribution in [1.82, 2.24) is 10.1 Å². The van der Waals surface area contributed by atoms with Gasteiger partial charge in [-0.1, -0.05) is 5.16 Å². The number of rotatable bonds is 3. The summed E-state index contributed by atoms with van der Waals surface area (Å²) in [6.45, 7) is 2.15. The van der Waals surface area contributed by atoms with Gasteiger partial charge in [0.25, 0.3) is 0 Å². The highest BCUT2D eigenvalue weighted by molar-refractivity contribution is 7.91. The standard InChI is InChI=1S/C9H14N2O4S/c1-7-10-9(15-11-7)14-6-8-2-4-16(12,13)5-3-8/h8H,2-6H2,1H3. The van der Waals surface area contributed by atoms with E-state index in [-0.39, 0.29) is 23.5 Å². The SMILES string of the molecule is Cc1noc(OCC2CCS(=O)(=O)CC2)n1. The largest absolute Gasteiger partial charge is 0.449 e. The molecule has 0 saturated carbocycles. The Morgan fingerprint density at radius 1 is 1.44 bits per heavy atom. The van der Waals surface area contributed by atoms with E-state index in [4.69, 9.17) is 9.26 Å². The van der Waals surface area contributed by atoms with Crippen LogP contribution in [0.3, 0.4) is 0 Å². The zero-order chi connectivity index (χ0) is 11.6. The smallest absolute Gasteiger partial charge is 0.417 e. The van der Waals surface area contributed by atoms with Gasteiger partial charge in [0.2, 0.25) is 0 Å². The van der Waals surface area contributed by atoms with Crippen LogP contribution in [-0.2, 0) is 9.84 Å². The lowest BCUT2D eigenvalue weighted by Gasteiger charge is -2.20. The molecule has 1 aliphatic heterocycles. The summed E-state index contributed by atoms with van der Waals surface area (Å²) in [6.07, 6.45) is 1.45. The third-order valence-electron chi connectivity index (χ3n) is 2.63. The molecular formula is C9H14N2O4S. The molecule has 6 nitrogen and oxygen atoms in total. The van der Waals surface area contributed by atoms with Gasteiger partial charge in [-0.15, -0.1) is 0 Å². The average Bonchev–Trinajstić information content (AvgIpc) is 2.63. The third-order valence-corrected chi connectivity index (χ3v) is 4.34. The molecule has 1 aliphatic rings. The Morgan fingerprint density at radius 3 is 2.69 bits per heavy atom. The second kappa shape index (κ2) is 4.40. The van der Waals surface area contributed by atoms with Crippen molar-refractivity contribution in [3.05, 3.63) is 5.82 Å². The van der Waals surface area contributed by atoms with E-state index in [1.54, 1.807) is 6.92 Å². The van der Waals surface area contributed by atoms with Gasteiger partial charge in [-0.25, -0.2) is 8.42 Å². The molecule has 0 unspecified atom stereocenters. The molecule has 1 aromatic heterocycles. The summed E-state index contributed by atoms with van der Waals surface area (Å²) in [5.74, 6) is 1.30. The molecule has 0 amide bonds. The molecule has 1 fully saturated rings. The predicted molar refractivity (Wildman–Crippen MR) is 55.9 cm³/mol. The van der Waals surface area contributed by atoms with Crippen molar-refractivity contribution in [2.24, 2.45) is 5.92 Å². The Hall–Kier alpha value is -1.11. The molecule has 0 radical (unpaired) electrons. The normalized spacial score (nSPS) is 20.8. The van der Waals surface area contributed by atoms with Crippen molar-refractivity contribution >= 4 is 9.84 Å². The molecule has 0 N–H and O–H groups in total. The van der Waals surface area contributed by atoms with Gasteiger partial charge in [0, 0.05) is 0 Å². The molecule has 16 heavy (non-hydrogen) atoms.